The van der Waals surface area contributed by atoms with Gasteiger partial charge in [0.1, 0.15) is 5.60 Å². The molecule has 0 saturated heterocycles. The Morgan fingerprint density at radius 2 is 1.76 bits per heavy atom. The topological polar surface area (TPSA) is 82.9 Å². The van der Waals surface area contributed by atoms with Gasteiger partial charge in [-0.25, -0.2) is 4.79 Å². The third-order valence-electron chi connectivity index (χ3n) is 3.36. The third kappa shape index (κ3) is 6.21. The van der Waals surface area contributed by atoms with Crippen molar-refractivity contribution >= 4 is 18.7 Å². The van der Waals surface area contributed by atoms with Crippen LogP contribution in [0, 0.1) is 0 Å². The summed E-state index contributed by atoms with van der Waals surface area (Å²) in [6.07, 6.45) is 2.53. The number of nitrogens with zero attached hydrogens (tertiary/aromatic N) is 2. The predicted octanol–water partition coefficient (Wildman–Crippen LogP) is 1.70. The molecule has 0 aliphatic rings. The first-order valence-electron chi connectivity index (χ1n) is 8.06. The summed E-state index contributed by atoms with van der Waals surface area (Å²) in [5.41, 5.74) is 1.33. The molecule has 1 heterocycles. The van der Waals surface area contributed by atoms with Crippen LogP contribution in [0.25, 0.3) is 0 Å². The number of hydrogen-bond acceptors (Lipinski definition) is 5. The summed E-state index contributed by atoms with van der Waals surface area (Å²) >= 11 is 0. The van der Waals surface area contributed by atoms with Gasteiger partial charge in [0, 0.05) is 24.4 Å². The molecular formula is C18H23BN2O4. The van der Waals surface area contributed by atoms with Crippen molar-refractivity contribution in [1.29, 1.82) is 0 Å². The highest BCUT2D eigenvalue weighted by atomic mass is 16.6. The van der Waals surface area contributed by atoms with E-state index in [1.165, 1.54) is 6.20 Å². The van der Waals surface area contributed by atoms with Crippen LogP contribution in [0.4, 0.5) is 4.79 Å². The van der Waals surface area contributed by atoms with Crippen molar-refractivity contribution in [3.8, 4) is 0 Å². The summed E-state index contributed by atoms with van der Waals surface area (Å²) in [6, 6.07) is 11.2. The Morgan fingerprint density at radius 1 is 1.12 bits per heavy atom. The third-order valence-corrected chi connectivity index (χ3v) is 3.36. The molecule has 1 aromatic heterocycles. The van der Waals surface area contributed by atoms with Crippen molar-refractivity contribution in [2.75, 3.05) is 0 Å². The molecule has 1 amide bonds. The molecule has 0 aliphatic carbocycles. The molecule has 6 nitrogen and oxygen atoms in total. The van der Waals surface area contributed by atoms with Crippen LogP contribution in [0.5, 0.6) is 0 Å². The first-order valence-corrected chi connectivity index (χ1v) is 8.06. The average molecular weight is 342 g/mol. The number of amides is 1. The van der Waals surface area contributed by atoms with E-state index in [-0.39, 0.29) is 12.0 Å². The van der Waals surface area contributed by atoms with E-state index in [2.05, 4.69) is 4.98 Å². The largest absolute Gasteiger partial charge is 0.490 e. The molecule has 7 heteroatoms. The van der Waals surface area contributed by atoms with Gasteiger partial charge in [-0.15, -0.1) is 0 Å². The van der Waals surface area contributed by atoms with Gasteiger partial charge in [-0.1, -0.05) is 36.4 Å². The highest BCUT2D eigenvalue weighted by Crippen LogP contribution is 2.15. The van der Waals surface area contributed by atoms with Gasteiger partial charge in [-0.3, -0.25) is 9.88 Å². The zero-order valence-electron chi connectivity index (χ0n) is 14.7. The van der Waals surface area contributed by atoms with Crippen molar-refractivity contribution in [2.24, 2.45) is 0 Å². The summed E-state index contributed by atoms with van der Waals surface area (Å²) in [7, 11) is -1.60. The van der Waals surface area contributed by atoms with E-state index in [4.69, 9.17) is 4.74 Å². The second-order valence-electron chi connectivity index (χ2n) is 6.82. The molecule has 0 radical (unpaired) electrons. The number of carbonyl (C=O) groups excluding carboxylic acids is 1. The van der Waals surface area contributed by atoms with E-state index in [1.54, 1.807) is 17.2 Å². The molecule has 1 aromatic carbocycles. The maximum absolute atomic E-state index is 12.6. The van der Waals surface area contributed by atoms with Crippen LogP contribution in [0.2, 0.25) is 0 Å². The van der Waals surface area contributed by atoms with Crippen LogP contribution >= 0.6 is 0 Å². The molecule has 0 aliphatic heterocycles. The summed E-state index contributed by atoms with van der Waals surface area (Å²) in [4.78, 5) is 18.1. The van der Waals surface area contributed by atoms with E-state index < -0.39 is 18.8 Å². The molecule has 0 unspecified atom stereocenters. The zero-order chi connectivity index (χ0) is 18.4. The van der Waals surface area contributed by atoms with Gasteiger partial charge in [-0.2, -0.15) is 0 Å². The maximum Gasteiger partial charge on any atom is 0.490 e. The van der Waals surface area contributed by atoms with Crippen LogP contribution in [0.3, 0.4) is 0 Å². The molecule has 0 atom stereocenters. The number of hydrogen-bond donors (Lipinski definition) is 2. The lowest BCUT2D eigenvalue weighted by molar-refractivity contribution is 0.0216. The van der Waals surface area contributed by atoms with Crippen LogP contribution in [-0.2, 0) is 17.8 Å². The lowest BCUT2D eigenvalue weighted by Gasteiger charge is -2.27. The highest BCUT2D eigenvalue weighted by molar-refractivity contribution is 6.58. The molecule has 2 rings (SSSR count). The summed E-state index contributed by atoms with van der Waals surface area (Å²) < 4.78 is 5.49. The average Bonchev–Trinajstić information content (AvgIpc) is 2.54. The number of pyridine rings is 1. The van der Waals surface area contributed by atoms with E-state index in [0.717, 1.165) is 5.56 Å². The van der Waals surface area contributed by atoms with E-state index in [0.29, 0.717) is 12.1 Å². The number of carbonyl (C=O) groups is 1. The van der Waals surface area contributed by atoms with Crippen LogP contribution in [0.15, 0.2) is 48.8 Å². The Kier molecular flexibility index (Phi) is 6.17. The Balaban J connectivity index is 2.21. The number of benzene rings is 1. The van der Waals surface area contributed by atoms with Gasteiger partial charge in [0.05, 0.1) is 6.54 Å². The standard InChI is InChI=1S/C18H23BN2O4/c1-18(2,3)25-17(22)21(12-14-7-5-4-6-8-14)13-15-9-16(19(23)24)11-20-10-15/h4-11,23-24H,12-13H2,1-3H3. The summed E-state index contributed by atoms with van der Waals surface area (Å²) in [5, 5.41) is 18.6. The normalized spacial score (nSPS) is 11.1. The Labute approximate surface area is 148 Å². The van der Waals surface area contributed by atoms with Crippen molar-refractivity contribution < 1.29 is 19.6 Å². The maximum atomic E-state index is 12.6. The van der Waals surface area contributed by atoms with Crippen LogP contribution in [-0.4, -0.2) is 38.7 Å². The Bertz CT molecular complexity index is 702. The van der Waals surface area contributed by atoms with E-state index in [9.17, 15) is 14.8 Å². The van der Waals surface area contributed by atoms with Crippen LogP contribution in [0.1, 0.15) is 31.9 Å². The van der Waals surface area contributed by atoms with E-state index in [1.807, 2.05) is 51.1 Å². The van der Waals surface area contributed by atoms with Gasteiger partial charge in [0.25, 0.3) is 0 Å². The lowest BCUT2D eigenvalue weighted by atomic mass is 9.81. The molecule has 25 heavy (non-hydrogen) atoms. The van der Waals surface area contributed by atoms with E-state index >= 15 is 0 Å². The van der Waals surface area contributed by atoms with Gasteiger partial charge < -0.3 is 14.8 Å². The molecule has 0 bridgehead atoms. The zero-order valence-corrected chi connectivity index (χ0v) is 14.7. The van der Waals surface area contributed by atoms with Crippen molar-refractivity contribution in [1.82, 2.24) is 9.88 Å². The first kappa shape index (κ1) is 19.0. The fraction of sp³-hybridized carbons (Fsp3) is 0.333. The summed E-state index contributed by atoms with van der Waals surface area (Å²) in [6.45, 7) is 6.07. The number of aromatic nitrogens is 1. The van der Waals surface area contributed by atoms with Gasteiger partial charge in [0.15, 0.2) is 0 Å². The second-order valence-corrected chi connectivity index (χ2v) is 6.82. The molecule has 2 N–H and O–H groups in total. The van der Waals surface area contributed by atoms with Gasteiger partial charge in [0.2, 0.25) is 0 Å². The second kappa shape index (κ2) is 8.14. The Hall–Kier alpha value is -2.38. The van der Waals surface area contributed by atoms with Gasteiger partial charge in [-0.05, 0) is 31.9 Å². The Morgan fingerprint density at radius 3 is 2.36 bits per heavy atom. The molecule has 0 fully saturated rings. The molecule has 132 valence electrons. The quantitative estimate of drug-likeness (QED) is 0.808. The molecular weight excluding hydrogens is 319 g/mol. The van der Waals surface area contributed by atoms with Crippen molar-refractivity contribution in [3.05, 3.63) is 59.9 Å². The number of rotatable bonds is 5. The minimum Gasteiger partial charge on any atom is -0.444 e. The fourth-order valence-corrected chi connectivity index (χ4v) is 2.27. The summed E-state index contributed by atoms with van der Waals surface area (Å²) in [5.74, 6) is 0. The minimum absolute atomic E-state index is 0.247. The predicted molar refractivity (Wildman–Crippen MR) is 96.0 cm³/mol. The fourth-order valence-electron chi connectivity index (χ4n) is 2.27. The molecule has 0 saturated carbocycles. The van der Waals surface area contributed by atoms with Gasteiger partial charge >= 0.3 is 13.2 Å². The first-order chi connectivity index (χ1) is 11.7. The number of ether oxygens (including phenoxy) is 1. The smallest absolute Gasteiger partial charge is 0.444 e. The van der Waals surface area contributed by atoms with Crippen molar-refractivity contribution in [2.45, 2.75) is 39.5 Å². The van der Waals surface area contributed by atoms with Crippen LogP contribution < -0.4 is 5.46 Å². The monoisotopic (exact) mass is 342 g/mol. The minimum atomic E-state index is -1.60. The molecule has 2 aromatic rings. The lowest BCUT2D eigenvalue weighted by Crippen LogP contribution is -2.37. The highest BCUT2D eigenvalue weighted by Gasteiger charge is 2.23. The van der Waals surface area contributed by atoms with Crippen molar-refractivity contribution in [3.63, 3.8) is 0 Å². The molecule has 0 spiro atoms. The SMILES string of the molecule is CC(C)(C)OC(=O)N(Cc1ccccc1)Cc1cncc(B(O)O)c1.